The first-order valence-corrected chi connectivity index (χ1v) is 14.3. The number of likely N-dealkylation sites (tertiary alicyclic amines) is 1. The molecule has 11 heteroatoms. The zero-order chi connectivity index (χ0) is 29.3. The van der Waals surface area contributed by atoms with Gasteiger partial charge in [0.15, 0.2) is 0 Å². The third-order valence-corrected chi connectivity index (χ3v) is 8.62. The predicted octanol–water partition coefficient (Wildman–Crippen LogP) is 4.69. The van der Waals surface area contributed by atoms with Crippen LogP contribution in [0.1, 0.15) is 30.4 Å². The topological polar surface area (TPSA) is 123 Å². The van der Waals surface area contributed by atoms with Crippen molar-refractivity contribution < 1.29 is 38.6 Å². The maximum Gasteiger partial charge on any atom is 0.455 e. The lowest BCUT2D eigenvalue weighted by atomic mass is 9.58. The molecule has 2 heterocycles. The van der Waals surface area contributed by atoms with Crippen LogP contribution < -0.4 is 0 Å². The molecule has 2 aromatic carbocycles. The molecular weight excluding hydrogens is 593 g/mol. The summed E-state index contributed by atoms with van der Waals surface area (Å²) in [4.78, 5) is 39.4. The number of ether oxygens (including phenoxy) is 2. The van der Waals surface area contributed by atoms with Crippen molar-refractivity contribution in [3.05, 3.63) is 75.3 Å². The molecule has 0 aromatic heterocycles. The summed E-state index contributed by atoms with van der Waals surface area (Å²) in [7, 11) is 1.54. The van der Waals surface area contributed by atoms with Crippen molar-refractivity contribution in [1.82, 2.24) is 4.90 Å². The van der Waals surface area contributed by atoms with Gasteiger partial charge >= 0.3 is 13.2 Å². The standard InChI is InChI=1S/C30H31BBrNO8/c1-39-16-20-14-22-27(29(36)33(28(22)35)30(37)40-2)23-15-31(38)41-25(26(20)23)11-8-18(17-6-4-3-5-7-17)12-19-13-21(32)9-10-24(19)34/h3-7,9-10,12-13,22-23,25,27,34,38H,8,11,14-16H2,1-2H3/b18-12-/t22-,23+,25-,27-/m1/s1. The number of carbonyl (C=O) groups excluding carboxylic acids is 3. The number of imide groups is 3. The van der Waals surface area contributed by atoms with E-state index in [1.807, 2.05) is 42.5 Å². The van der Waals surface area contributed by atoms with Crippen molar-refractivity contribution in [2.24, 2.45) is 17.8 Å². The van der Waals surface area contributed by atoms with E-state index in [0.29, 0.717) is 23.3 Å². The minimum absolute atomic E-state index is 0.127. The van der Waals surface area contributed by atoms with Crippen molar-refractivity contribution >= 4 is 52.6 Å². The molecule has 0 bridgehead atoms. The maximum absolute atomic E-state index is 13.4. The first kappa shape index (κ1) is 29.3. The molecule has 5 rings (SSSR count). The van der Waals surface area contributed by atoms with Crippen molar-refractivity contribution in [2.75, 3.05) is 20.8 Å². The van der Waals surface area contributed by atoms with E-state index >= 15 is 0 Å². The highest BCUT2D eigenvalue weighted by Crippen LogP contribution is 2.51. The van der Waals surface area contributed by atoms with Gasteiger partial charge in [-0.15, -0.1) is 0 Å². The number of aromatic hydroxyl groups is 1. The van der Waals surface area contributed by atoms with E-state index in [4.69, 9.17) is 14.1 Å². The number of methoxy groups -OCH3 is 2. The highest BCUT2D eigenvalue weighted by atomic mass is 79.9. The number of carbonyl (C=O) groups is 3. The number of halogens is 1. The number of amides is 3. The van der Waals surface area contributed by atoms with Crippen LogP contribution in [-0.2, 0) is 23.7 Å². The zero-order valence-electron chi connectivity index (χ0n) is 22.8. The first-order chi connectivity index (χ1) is 19.7. The lowest BCUT2D eigenvalue weighted by Crippen LogP contribution is -2.46. The van der Waals surface area contributed by atoms with Gasteiger partial charge in [-0.05, 0) is 78.1 Å². The summed E-state index contributed by atoms with van der Waals surface area (Å²) in [6, 6.07) is 15.0. The number of phenolic OH excluding ortho intramolecular Hbond substituents is 1. The van der Waals surface area contributed by atoms with E-state index in [-0.39, 0.29) is 25.1 Å². The minimum atomic E-state index is -1.15. The molecule has 0 unspecified atom stereocenters. The molecule has 2 aliphatic heterocycles. The summed E-state index contributed by atoms with van der Waals surface area (Å²) in [6.07, 6.45) is 1.76. The van der Waals surface area contributed by atoms with Crippen LogP contribution in [0, 0.1) is 17.8 Å². The SMILES string of the molecule is COCC1=C2[C@@H](CC/C(=C/c3cc(Br)ccc3O)c3ccccc3)OB(O)C[C@@H]2[C@@H]2C(=O)N(C(=O)OC)C(=O)[C@@H]2C1. The fourth-order valence-corrected chi connectivity index (χ4v) is 6.79. The van der Waals surface area contributed by atoms with Gasteiger partial charge < -0.3 is 24.3 Å². The molecule has 3 amide bonds. The van der Waals surface area contributed by atoms with Crippen LogP contribution in [0.15, 0.2) is 64.1 Å². The van der Waals surface area contributed by atoms with E-state index < -0.39 is 48.9 Å². The number of allylic oxidation sites excluding steroid dienone is 1. The van der Waals surface area contributed by atoms with Crippen molar-refractivity contribution in [2.45, 2.75) is 31.7 Å². The Bertz CT molecular complexity index is 1410. The summed E-state index contributed by atoms with van der Waals surface area (Å²) >= 11 is 3.47. The molecule has 0 saturated carbocycles. The first-order valence-electron chi connectivity index (χ1n) is 13.5. The van der Waals surface area contributed by atoms with Gasteiger partial charge in [0.2, 0.25) is 11.8 Å². The van der Waals surface area contributed by atoms with Crippen LogP contribution in [0.3, 0.4) is 0 Å². The fraction of sp³-hybridized carbons (Fsp3) is 0.367. The lowest BCUT2D eigenvalue weighted by molar-refractivity contribution is -0.137. The zero-order valence-corrected chi connectivity index (χ0v) is 24.4. The Kier molecular flexibility index (Phi) is 8.79. The number of fused-ring (bicyclic) bond motifs is 3. The number of phenols is 1. The molecule has 2 saturated heterocycles. The van der Waals surface area contributed by atoms with E-state index in [0.717, 1.165) is 33.9 Å². The van der Waals surface area contributed by atoms with Crippen molar-refractivity contribution in [3.8, 4) is 5.75 Å². The summed E-state index contributed by atoms with van der Waals surface area (Å²) in [5.41, 5.74) is 4.27. The molecule has 2 fully saturated rings. The summed E-state index contributed by atoms with van der Waals surface area (Å²) in [5, 5.41) is 21.3. The molecule has 0 spiro atoms. The molecule has 214 valence electrons. The van der Waals surface area contributed by atoms with Gasteiger partial charge in [-0.3, -0.25) is 9.59 Å². The van der Waals surface area contributed by atoms with Crippen molar-refractivity contribution in [1.29, 1.82) is 0 Å². The number of benzene rings is 2. The summed E-state index contributed by atoms with van der Waals surface area (Å²) < 4.78 is 17.1. The largest absolute Gasteiger partial charge is 0.507 e. The maximum atomic E-state index is 13.4. The lowest BCUT2D eigenvalue weighted by Gasteiger charge is -2.43. The second-order valence-corrected chi connectivity index (χ2v) is 11.4. The summed E-state index contributed by atoms with van der Waals surface area (Å²) in [6.45, 7) is 0.234. The van der Waals surface area contributed by atoms with Crippen LogP contribution in [0.2, 0.25) is 6.32 Å². The Labute approximate surface area is 247 Å². The Morgan fingerprint density at radius 1 is 1.15 bits per heavy atom. The molecule has 41 heavy (non-hydrogen) atoms. The second kappa shape index (κ2) is 12.3. The van der Waals surface area contributed by atoms with E-state index in [1.165, 1.54) is 0 Å². The molecular formula is C30H31BBrNO8. The minimum Gasteiger partial charge on any atom is -0.507 e. The average molecular weight is 624 g/mol. The average Bonchev–Trinajstić information content (AvgIpc) is 3.21. The number of hydrogen-bond donors (Lipinski definition) is 2. The Morgan fingerprint density at radius 2 is 1.90 bits per heavy atom. The third kappa shape index (κ3) is 5.77. The van der Waals surface area contributed by atoms with E-state index in [9.17, 15) is 24.5 Å². The van der Waals surface area contributed by atoms with Crippen LogP contribution in [0.4, 0.5) is 4.79 Å². The van der Waals surface area contributed by atoms with Crippen LogP contribution in [-0.4, -0.2) is 67.0 Å². The van der Waals surface area contributed by atoms with Gasteiger partial charge in [0.05, 0.1) is 31.7 Å². The number of rotatable bonds is 7. The molecule has 0 radical (unpaired) electrons. The van der Waals surface area contributed by atoms with Gasteiger partial charge in [0.25, 0.3) is 0 Å². The van der Waals surface area contributed by atoms with Gasteiger partial charge in [-0.25, -0.2) is 4.79 Å². The molecule has 1 aliphatic carbocycles. The smallest absolute Gasteiger partial charge is 0.455 e. The van der Waals surface area contributed by atoms with Crippen LogP contribution >= 0.6 is 15.9 Å². The molecule has 2 N–H and O–H groups in total. The summed E-state index contributed by atoms with van der Waals surface area (Å²) in [5.74, 6) is -3.05. The van der Waals surface area contributed by atoms with Gasteiger partial charge in [-0.1, -0.05) is 46.3 Å². The fourth-order valence-electron chi connectivity index (χ4n) is 6.41. The highest BCUT2D eigenvalue weighted by Gasteiger charge is 2.59. The molecule has 2 aromatic rings. The predicted molar refractivity (Wildman–Crippen MR) is 155 cm³/mol. The monoisotopic (exact) mass is 623 g/mol. The van der Waals surface area contributed by atoms with E-state index in [2.05, 4.69) is 15.9 Å². The third-order valence-electron chi connectivity index (χ3n) is 8.12. The van der Waals surface area contributed by atoms with Crippen molar-refractivity contribution in [3.63, 3.8) is 0 Å². The van der Waals surface area contributed by atoms with Gasteiger partial charge in [-0.2, -0.15) is 4.90 Å². The van der Waals surface area contributed by atoms with Crippen LogP contribution in [0.5, 0.6) is 5.75 Å². The Balaban J connectivity index is 1.49. The van der Waals surface area contributed by atoms with Gasteiger partial charge in [0.1, 0.15) is 5.75 Å². The number of hydrogen-bond acceptors (Lipinski definition) is 8. The van der Waals surface area contributed by atoms with E-state index in [1.54, 1.807) is 19.2 Å². The molecule has 4 atom stereocenters. The second-order valence-electron chi connectivity index (χ2n) is 10.5. The molecule has 9 nitrogen and oxygen atoms in total. The normalized spacial score (nSPS) is 24.4. The molecule has 3 aliphatic rings. The Hall–Kier alpha value is -3.25. The van der Waals surface area contributed by atoms with Crippen LogP contribution in [0.25, 0.3) is 11.6 Å². The Morgan fingerprint density at radius 3 is 2.61 bits per heavy atom. The number of nitrogens with zero attached hydrogens (tertiary/aromatic N) is 1. The van der Waals surface area contributed by atoms with Gasteiger partial charge in [0, 0.05) is 17.1 Å². The highest BCUT2D eigenvalue weighted by molar-refractivity contribution is 9.10. The quantitative estimate of drug-likeness (QED) is 0.197.